The predicted molar refractivity (Wildman–Crippen MR) is 230 cm³/mol. The average molecular weight is 697 g/mol. The van der Waals surface area contributed by atoms with E-state index in [1.54, 1.807) is 0 Å². The number of benzene rings is 7. The van der Waals surface area contributed by atoms with Crippen LogP contribution in [-0.4, -0.2) is 11.3 Å². The van der Waals surface area contributed by atoms with Crippen LogP contribution in [0.1, 0.15) is 50.7 Å². The Kier molecular flexibility index (Phi) is 7.17. The lowest BCUT2D eigenvalue weighted by Gasteiger charge is -2.41. The van der Waals surface area contributed by atoms with Gasteiger partial charge in [-0.2, -0.15) is 0 Å². The van der Waals surface area contributed by atoms with E-state index in [1.807, 2.05) is 0 Å². The standard InChI is InChI=1S/C50H41BN2O/c1-3-5-15-32-27-33(16-6-4-2)29-36(28-32)52-44-30-35(34-17-8-7-9-18-34)25-26-42(44)51-48-41(31-46-47(50(48)52)40-20-11-13-24-45(40)54-46)39-22-14-21-38-37-19-10-12-23-43(37)53(51)49(38)39/h7-14,17-31H,3-6,15-16H2,1-2H3. The summed E-state index contributed by atoms with van der Waals surface area (Å²) in [5.41, 5.74) is 18.6. The molecule has 0 saturated heterocycles. The number of aromatic nitrogens is 1. The van der Waals surface area contributed by atoms with Gasteiger partial charge in [-0.25, -0.2) is 0 Å². The summed E-state index contributed by atoms with van der Waals surface area (Å²) in [7, 11) is 0. The molecule has 7 aromatic carbocycles. The zero-order valence-electron chi connectivity index (χ0n) is 30.9. The molecule has 2 aliphatic heterocycles. The Labute approximate surface area is 316 Å². The van der Waals surface area contributed by atoms with Gasteiger partial charge in [-0.15, -0.1) is 0 Å². The summed E-state index contributed by atoms with van der Waals surface area (Å²) in [6.07, 6.45) is 6.87. The molecule has 9 aromatic rings. The van der Waals surface area contributed by atoms with E-state index in [0.717, 1.165) is 29.4 Å². The average Bonchev–Trinajstić information content (AvgIpc) is 3.77. The molecule has 0 aliphatic carbocycles. The molecule has 0 atom stereocenters. The summed E-state index contributed by atoms with van der Waals surface area (Å²) in [6, 6.07) is 52.4. The zero-order chi connectivity index (χ0) is 35.9. The highest BCUT2D eigenvalue weighted by molar-refractivity contribution is 6.90. The summed E-state index contributed by atoms with van der Waals surface area (Å²) in [5, 5.41) is 4.94. The van der Waals surface area contributed by atoms with E-state index in [2.05, 4.69) is 163 Å². The second-order valence-electron chi connectivity index (χ2n) is 15.3. The molecule has 0 unspecified atom stereocenters. The van der Waals surface area contributed by atoms with Gasteiger partial charge >= 0.3 is 6.85 Å². The van der Waals surface area contributed by atoms with E-state index in [4.69, 9.17) is 4.42 Å². The van der Waals surface area contributed by atoms with Gasteiger partial charge in [0.15, 0.2) is 0 Å². The largest absolute Gasteiger partial charge is 0.456 e. The molecule has 0 bridgehead atoms. The summed E-state index contributed by atoms with van der Waals surface area (Å²) in [4.78, 5) is 2.63. The van der Waals surface area contributed by atoms with Crippen molar-refractivity contribution in [3.05, 3.63) is 151 Å². The fraction of sp³-hybridized carbons (Fsp3) is 0.160. The Morgan fingerprint density at radius 3 is 2.09 bits per heavy atom. The Hall–Kier alpha value is -6.00. The summed E-state index contributed by atoms with van der Waals surface area (Å²) in [5.74, 6) is 0. The van der Waals surface area contributed by atoms with Crippen molar-refractivity contribution in [2.75, 3.05) is 4.90 Å². The van der Waals surface area contributed by atoms with Crippen molar-refractivity contribution in [1.82, 2.24) is 4.48 Å². The first-order chi connectivity index (χ1) is 26.7. The van der Waals surface area contributed by atoms with Crippen LogP contribution < -0.4 is 15.8 Å². The molecule has 0 radical (unpaired) electrons. The highest BCUT2D eigenvalue weighted by Crippen LogP contribution is 2.50. The van der Waals surface area contributed by atoms with Crippen molar-refractivity contribution in [1.29, 1.82) is 0 Å². The fourth-order valence-electron chi connectivity index (χ4n) is 9.66. The van der Waals surface area contributed by atoms with Crippen molar-refractivity contribution in [2.24, 2.45) is 0 Å². The first-order valence-electron chi connectivity index (χ1n) is 19.8. The number of para-hydroxylation sites is 3. The molecule has 11 rings (SSSR count). The first-order valence-corrected chi connectivity index (χ1v) is 19.8. The van der Waals surface area contributed by atoms with Crippen LogP contribution in [0.3, 0.4) is 0 Å². The molecule has 54 heavy (non-hydrogen) atoms. The third-order valence-corrected chi connectivity index (χ3v) is 12.1. The maximum atomic E-state index is 6.85. The number of anilines is 3. The second kappa shape index (κ2) is 12.3. The minimum absolute atomic E-state index is 0.0238. The molecule has 3 nitrogen and oxygen atoms in total. The molecule has 0 saturated carbocycles. The molecule has 4 heteroatoms. The van der Waals surface area contributed by atoms with E-state index in [1.165, 1.54) is 114 Å². The molecule has 260 valence electrons. The van der Waals surface area contributed by atoms with Crippen LogP contribution in [0, 0.1) is 0 Å². The quantitative estimate of drug-likeness (QED) is 0.148. The maximum Gasteiger partial charge on any atom is 0.333 e. The number of hydrogen-bond acceptors (Lipinski definition) is 2. The fourth-order valence-corrected chi connectivity index (χ4v) is 9.66. The zero-order valence-corrected chi connectivity index (χ0v) is 30.9. The lowest BCUT2D eigenvalue weighted by atomic mass is 9.45. The Bertz CT molecular complexity index is 2910. The molecule has 0 N–H and O–H groups in total. The van der Waals surface area contributed by atoms with E-state index in [0.29, 0.717) is 0 Å². The number of aryl methyl sites for hydroxylation is 2. The van der Waals surface area contributed by atoms with Gasteiger partial charge in [-0.3, -0.25) is 0 Å². The molecule has 0 amide bonds. The van der Waals surface area contributed by atoms with Crippen LogP contribution in [0.2, 0.25) is 0 Å². The number of fused-ring (bicyclic) bond motifs is 11. The van der Waals surface area contributed by atoms with Gasteiger partial charge in [-0.05, 0) is 101 Å². The number of hydrogen-bond donors (Lipinski definition) is 0. The number of rotatable bonds is 8. The molecule has 0 fully saturated rings. The number of unbranched alkanes of at least 4 members (excludes halogenated alkanes) is 2. The SMILES string of the molecule is CCCCc1cc(CCCC)cc(N2c3cc(-c4ccccc4)ccc3B3c4c(cc5oc6ccccc6c5c42)-c2cccc4c5ccccc5n3c24)c1. The molecule has 4 heterocycles. The lowest BCUT2D eigenvalue weighted by molar-refractivity contribution is 0.669. The molecule has 2 aromatic heterocycles. The molecular formula is C50H41BN2O. The topological polar surface area (TPSA) is 21.3 Å². The minimum atomic E-state index is -0.0238. The third kappa shape index (κ3) is 4.56. The monoisotopic (exact) mass is 696 g/mol. The van der Waals surface area contributed by atoms with E-state index < -0.39 is 0 Å². The van der Waals surface area contributed by atoms with Gasteiger partial charge in [0, 0.05) is 44.1 Å². The highest BCUT2D eigenvalue weighted by Gasteiger charge is 2.44. The van der Waals surface area contributed by atoms with Gasteiger partial charge < -0.3 is 13.8 Å². The van der Waals surface area contributed by atoms with Gasteiger partial charge in [0.05, 0.1) is 11.1 Å². The smallest absolute Gasteiger partial charge is 0.333 e. The van der Waals surface area contributed by atoms with Crippen LogP contribution in [0.25, 0.3) is 66.0 Å². The maximum absolute atomic E-state index is 6.85. The second-order valence-corrected chi connectivity index (χ2v) is 15.3. The number of furan rings is 1. The third-order valence-electron chi connectivity index (χ3n) is 12.1. The van der Waals surface area contributed by atoms with E-state index >= 15 is 0 Å². The molecular weight excluding hydrogens is 655 g/mol. The number of nitrogens with zero attached hydrogens (tertiary/aromatic N) is 2. The van der Waals surface area contributed by atoms with Crippen molar-refractivity contribution in [3.63, 3.8) is 0 Å². The first kappa shape index (κ1) is 31.5. The Balaban J connectivity index is 1.32. The van der Waals surface area contributed by atoms with E-state index in [-0.39, 0.29) is 6.85 Å². The van der Waals surface area contributed by atoms with Gasteiger partial charge in [0.1, 0.15) is 11.2 Å². The van der Waals surface area contributed by atoms with Crippen molar-refractivity contribution in [2.45, 2.75) is 52.4 Å². The van der Waals surface area contributed by atoms with Crippen LogP contribution in [-0.2, 0) is 12.8 Å². The minimum Gasteiger partial charge on any atom is -0.456 e. The molecule has 2 aliphatic rings. The van der Waals surface area contributed by atoms with Crippen LogP contribution in [0.5, 0.6) is 0 Å². The predicted octanol–water partition coefficient (Wildman–Crippen LogP) is 12.5. The van der Waals surface area contributed by atoms with E-state index in [9.17, 15) is 0 Å². The Morgan fingerprint density at radius 2 is 1.30 bits per heavy atom. The van der Waals surface area contributed by atoms with Crippen molar-refractivity contribution >= 4 is 78.6 Å². The van der Waals surface area contributed by atoms with Gasteiger partial charge in [-0.1, -0.05) is 130 Å². The lowest BCUT2D eigenvalue weighted by Crippen LogP contribution is -2.56. The summed E-state index contributed by atoms with van der Waals surface area (Å²) < 4.78 is 9.50. The van der Waals surface area contributed by atoms with Gasteiger partial charge in [0.2, 0.25) is 0 Å². The highest BCUT2D eigenvalue weighted by atomic mass is 16.3. The normalized spacial score (nSPS) is 13.0. The molecule has 0 spiro atoms. The van der Waals surface area contributed by atoms with Gasteiger partial charge in [0.25, 0.3) is 0 Å². The van der Waals surface area contributed by atoms with Crippen LogP contribution in [0.4, 0.5) is 17.1 Å². The van der Waals surface area contributed by atoms with Crippen LogP contribution >= 0.6 is 0 Å². The van der Waals surface area contributed by atoms with Crippen LogP contribution in [0.15, 0.2) is 144 Å². The van der Waals surface area contributed by atoms with Crippen molar-refractivity contribution in [3.8, 4) is 22.3 Å². The summed E-state index contributed by atoms with van der Waals surface area (Å²) >= 11 is 0. The summed E-state index contributed by atoms with van der Waals surface area (Å²) in [6.45, 7) is 4.57. The van der Waals surface area contributed by atoms with Crippen molar-refractivity contribution < 1.29 is 4.42 Å². The Morgan fingerprint density at radius 1 is 0.574 bits per heavy atom.